The number of nitrogens with one attached hydrogen (secondary N) is 1. The first-order chi connectivity index (χ1) is 13.2. The third kappa shape index (κ3) is 4.96. The molecule has 7 heteroatoms. The molecule has 1 aromatic rings. The van der Waals surface area contributed by atoms with Crippen LogP contribution < -0.4 is 19.5 Å². The number of guanidine groups is 1. The predicted molar refractivity (Wildman–Crippen MR) is 124 cm³/mol. The first kappa shape index (κ1) is 22.9. The Labute approximate surface area is 186 Å². The van der Waals surface area contributed by atoms with Gasteiger partial charge in [-0.15, -0.1) is 24.0 Å². The number of aliphatic imine (C=N–C) groups is 1. The summed E-state index contributed by atoms with van der Waals surface area (Å²) in [4.78, 5) is 6.96. The molecule has 6 nitrogen and oxygen atoms in total. The standard InChI is InChI=1S/C21H33N3O3.HI/c1-22-21(24-13-16-7-5-6-8-17(16)14-24)23-12-11-15-9-10-18(25-2)20(27-4)19(15)26-3;/h9-10,16-17H,5-8,11-14H2,1-4H3,(H,22,23);1H. The van der Waals surface area contributed by atoms with Crippen molar-refractivity contribution >= 4 is 29.9 Å². The third-order valence-corrected chi connectivity index (χ3v) is 5.95. The van der Waals surface area contributed by atoms with Crippen LogP contribution in [0, 0.1) is 11.8 Å². The lowest BCUT2D eigenvalue weighted by atomic mass is 9.82. The summed E-state index contributed by atoms with van der Waals surface area (Å²) >= 11 is 0. The summed E-state index contributed by atoms with van der Waals surface area (Å²) in [6, 6.07) is 3.96. The van der Waals surface area contributed by atoms with Gasteiger partial charge in [0.2, 0.25) is 5.75 Å². The monoisotopic (exact) mass is 503 g/mol. The lowest BCUT2D eigenvalue weighted by Crippen LogP contribution is -2.41. The molecule has 1 aliphatic carbocycles. The Balaban J connectivity index is 0.00000280. The van der Waals surface area contributed by atoms with E-state index in [1.54, 1.807) is 21.3 Å². The summed E-state index contributed by atoms with van der Waals surface area (Å²) in [6.45, 7) is 3.08. The fourth-order valence-corrected chi connectivity index (χ4v) is 4.58. The molecule has 1 N–H and O–H groups in total. The van der Waals surface area contributed by atoms with Crippen LogP contribution in [0.3, 0.4) is 0 Å². The lowest BCUT2D eigenvalue weighted by molar-refractivity contribution is 0.299. The van der Waals surface area contributed by atoms with Gasteiger partial charge in [0, 0.05) is 32.2 Å². The minimum atomic E-state index is 0. The van der Waals surface area contributed by atoms with Crippen molar-refractivity contribution in [2.24, 2.45) is 16.8 Å². The van der Waals surface area contributed by atoms with Crippen LogP contribution in [-0.4, -0.2) is 58.9 Å². The van der Waals surface area contributed by atoms with E-state index in [2.05, 4.69) is 15.2 Å². The predicted octanol–water partition coefficient (Wildman–Crippen LogP) is 3.57. The smallest absolute Gasteiger partial charge is 0.203 e. The number of hydrogen-bond acceptors (Lipinski definition) is 4. The molecule has 1 heterocycles. The Kier molecular flexibility index (Phi) is 8.98. The van der Waals surface area contributed by atoms with Crippen LogP contribution in [0.1, 0.15) is 31.2 Å². The number of ether oxygens (including phenoxy) is 3. The van der Waals surface area contributed by atoms with Crippen LogP contribution in [0.25, 0.3) is 0 Å². The van der Waals surface area contributed by atoms with Gasteiger partial charge in [0.1, 0.15) is 0 Å². The Hall–Kier alpha value is -1.38. The number of halogens is 1. The van der Waals surface area contributed by atoms with Crippen molar-refractivity contribution in [3.8, 4) is 17.2 Å². The summed E-state index contributed by atoms with van der Waals surface area (Å²) in [5.41, 5.74) is 1.09. The highest BCUT2D eigenvalue weighted by Crippen LogP contribution is 2.40. The summed E-state index contributed by atoms with van der Waals surface area (Å²) in [7, 11) is 6.81. The number of rotatable bonds is 6. The van der Waals surface area contributed by atoms with Gasteiger partial charge in [-0.2, -0.15) is 0 Å². The molecule has 1 saturated carbocycles. The molecule has 2 unspecified atom stereocenters. The number of fused-ring (bicyclic) bond motifs is 1. The molecule has 1 aliphatic heterocycles. The number of likely N-dealkylation sites (tertiary alicyclic amines) is 1. The maximum Gasteiger partial charge on any atom is 0.203 e. The molecule has 1 aromatic carbocycles. The van der Waals surface area contributed by atoms with Crippen LogP contribution in [0.2, 0.25) is 0 Å². The highest BCUT2D eigenvalue weighted by molar-refractivity contribution is 14.0. The fraction of sp³-hybridized carbons (Fsp3) is 0.667. The molecule has 2 aliphatic rings. The van der Waals surface area contributed by atoms with E-state index in [4.69, 9.17) is 14.2 Å². The lowest BCUT2D eigenvalue weighted by Gasteiger charge is -2.22. The second kappa shape index (κ2) is 11.0. The van der Waals surface area contributed by atoms with Gasteiger partial charge in [-0.25, -0.2) is 0 Å². The second-order valence-corrected chi connectivity index (χ2v) is 7.43. The first-order valence-electron chi connectivity index (χ1n) is 9.95. The molecule has 28 heavy (non-hydrogen) atoms. The van der Waals surface area contributed by atoms with Gasteiger partial charge < -0.3 is 24.4 Å². The molecule has 2 atom stereocenters. The van der Waals surface area contributed by atoms with Crippen molar-refractivity contribution in [2.75, 3.05) is 48.0 Å². The summed E-state index contributed by atoms with van der Waals surface area (Å²) in [5, 5.41) is 3.54. The first-order valence-corrected chi connectivity index (χ1v) is 9.95. The van der Waals surface area contributed by atoms with Crippen molar-refractivity contribution in [1.82, 2.24) is 10.2 Å². The highest BCUT2D eigenvalue weighted by Gasteiger charge is 2.35. The molecule has 0 bridgehead atoms. The normalized spacial score (nSPS) is 21.6. The number of hydrogen-bond donors (Lipinski definition) is 1. The zero-order valence-electron chi connectivity index (χ0n) is 17.5. The summed E-state index contributed by atoms with van der Waals surface area (Å²) < 4.78 is 16.4. The van der Waals surface area contributed by atoms with E-state index in [1.807, 2.05) is 19.2 Å². The van der Waals surface area contributed by atoms with Crippen LogP contribution in [-0.2, 0) is 6.42 Å². The van der Waals surface area contributed by atoms with E-state index in [9.17, 15) is 0 Å². The molecule has 1 saturated heterocycles. The Morgan fingerprint density at radius 2 is 1.68 bits per heavy atom. The van der Waals surface area contributed by atoms with Crippen molar-refractivity contribution in [3.05, 3.63) is 17.7 Å². The van der Waals surface area contributed by atoms with E-state index in [1.165, 1.54) is 25.7 Å². The van der Waals surface area contributed by atoms with E-state index >= 15 is 0 Å². The van der Waals surface area contributed by atoms with Crippen molar-refractivity contribution in [1.29, 1.82) is 0 Å². The molecule has 158 valence electrons. The Morgan fingerprint density at radius 3 is 2.21 bits per heavy atom. The minimum Gasteiger partial charge on any atom is -0.493 e. The molecular weight excluding hydrogens is 469 g/mol. The minimum absolute atomic E-state index is 0. The summed E-state index contributed by atoms with van der Waals surface area (Å²) in [6.07, 6.45) is 6.35. The Morgan fingerprint density at radius 1 is 1.04 bits per heavy atom. The quantitative estimate of drug-likeness (QED) is 0.366. The Bertz CT molecular complexity index is 655. The van der Waals surface area contributed by atoms with Gasteiger partial charge in [0.15, 0.2) is 17.5 Å². The second-order valence-electron chi connectivity index (χ2n) is 7.43. The topological polar surface area (TPSA) is 55.3 Å². The van der Waals surface area contributed by atoms with Gasteiger partial charge in [0.25, 0.3) is 0 Å². The molecule has 0 radical (unpaired) electrons. The van der Waals surface area contributed by atoms with Gasteiger partial charge in [-0.1, -0.05) is 18.9 Å². The summed E-state index contributed by atoms with van der Waals surface area (Å²) in [5.74, 6) is 4.78. The van der Waals surface area contributed by atoms with Gasteiger partial charge in [-0.05, 0) is 37.2 Å². The fourth-order valence-electron chi connectivity index (χ4n) is 4.58. The largest absolute Gasteiger partial charge is 0.493 e. The molecule has 3 rings (SSSR count). The van der Waals surface area contributed by atoms with E-state index < -0.39 is 0 Å². The zero-order valence-corrected chi connectivity index (χ0v) is 19.8. The SMILES string of the molecule is CN=C(NCCc1ccc(OC)c(OC)c1OC)N1CC2CCCCC2C1.I. The molecular formula is C21H34IN3O3. The molecule has 0 spiro atoms. The van der Waals surface area contributed by atoms with Crippen LogP contribution >= 0.6 is 24.0 Å². The van der Waals surface area contributed by atoms with Crippen molar-refractivity contribution < 1.29 is 14.2 Å². The molecule has 2 fully saturated rings. The average molecular weight is 503 g/mol. The highest BCUT2D eigenvalue weighted by atomic mass is 127. The van der Waals surface area contributed by atoms with Crippen LogP contribution in [0.15, 0.2) is 17.1 Å². The molecule has 0 amide bonds. The van der Waals surface area contributed by atoms with Gasteiger partial charge in [0.05, 0.1) is 21.3 Å². The number of nitrogens with zero attached hydrogens (tertiary/aromatic N) is 2. The third-order valence-electron chi connectivity index (χ3n) is 5.95. The van der Waals surface area contributed by atoms with E-state index in [0.29, 0.717) is 11.5 Å². The number of benzene rings is 1. The van der Waals surface area contributed by atoms with Crippen molar-refractivity contribution in [2.45, 2.75) is 32.1 Å². The van der Waals surface area contributed by atoms with Crippen LogP contribution in [0.5, 0.6) is 17.2 Å². The van der Waals surface area contributed by atoms with E-state index in [0.717, 1.165) is 55.2 Å². The van der Waals surface area contributed by atoms with E-state index in [-0.39, 0.29) is 24.0 Å². The van der Waals surface area contributed by atoms with Crippen LogP contribution in [0.4, 0.5) is 0 Å². The maximum absolute atomic E-state index is 5.58. The van der Waals surface area contributed by atoms with Crippen molar-refractivity contribution in [3.63, 3.8) is 0 Å². The maximum atomic E-state index is 5.58. The zero-order chi connectivity index (χ0) is 19.2. The van der Waals surface area contributed by atoms with Gasteiger partial charge >= 0.3 is 0 Å². The average Bonchev–Trinajstić information content (AvgIpc) is 3.14. The molecule has 0 aromatic heterocycles. The van der Waals surface area contributed by atoms with Gasteiger partial charge in [-0.3, -0.25) is 4.99 Å². The number of methoxy groups -OCH3 is 3.